The van der Waals surface area contributed by atoms with Gasteiger partial charge in [0.25, 0.3) is 5.88 Å². The molecule has 4 rings (SSSR count). The summed E-state index contributed by atoms with van der Waals surface area (Å²) >= 11 is 0. The summed E-state index contributed by atoms with van der Waals surface area (Å²) in [6.45, 7) is 7.17. The van der Waals surface area contributed by atoms with Crippen molar-refractivity contribution in [2.24, 2.45) is 0 Å². The van der Waals surface area contributed by atoms with Crippen LogP contribution in [-0.4, -0.2) is 45.5 Å². The normalized spacial score (nSPS) is 11.9. The van der Waals surface area contributed by atoms with Crippen molar-refractivity contribution in [1.82, 2.24) is 20.5 Å². The average molecular weight is 561 g/mol. The minimum atomic E-state index is -0.731. The van der Waals surface area contributed by atoms with Gasteiger partial charge in [0.1, 0.15) is 11.4 Å². The number of hydrogen-bond donors (Lipinski definition) is 2. The third-order valence-electron chi connectivity index (χ3n) is 5.90. The second-order valence-corrected chi connectivity index (χ2v) is 10.3. The molecule has 41 heavy (non-hydrogen) atoms. The van der Waals surface area contributed by atoms with E-state index < -0.39 is 29.5 Å². The molecule has 9 nitrogen and oxygen atoms in total. The molecule has 2 heterocycles. The van der Waals surface area contributed by atoms with Gasteiger partial charge in [0.05, 0.1) is 18.7 Å². The molecule has 1 atom stereocenters. The SMILES string of the molecule is CCOC(=O)CC(Cc1cc(-c2ccccc2)ccc1Oc1ncc(-c2ccn[nH]2)cc1F)NC(=O)OC(C)(C)C. The van der Waals surface area contributed by atoms with Crippen LogP contribution in [0.1, 0.15) is 39.7 Å². The Hall–Kier alpha value is -4.73. The van der Waals surface area contributed by atoms with E-state index in [9.17, 15) is 9.59 Å². The number of carbonyl (C=O) groups is 2. The van der Waals surface area contributed by atoms with Crippen molar-refractivity contribution in [3.8, 4) is 34.0 Å². The maximum absolute atomic E-state index is 15.1. The van der Waals surface area contributed by atoms with Crippen molar-refractivity contribution < 1.29 is 28.2 Å². The van der Waals surface area contributed by atoms with Crippen molar-refractivity contribution in [3.63, 3.8) is 0 Å². The van der Waals surface area contributed by atoms with E-state index in [1.807, 2.05) is 42.5 Å². The molecule has 0 aliphatic heterocycles. The summed E-state index contributed by atoms with van der Waals surface area (Å²) in [7, 11) is 0. The number of pyridine rings is 1. The number of nitrogens with zero attached hydrogens (tertiary/aromatic N) is 2. The minimum absolute atomic E-state index is 0.104. The summed E-state index contributed by atoms with van der Waals surface area (Å²) in [6, 6.07) is 17.5. The van der Waals surface area contributed by atoms with E-state index in [0.717, 1.165) is 11.1 Å². The molecular formula is C31H33FN4O5. The Bertz CT molecular complexity index is 1470. The van der Waals surface area contributed by atoms with E-state index in [4.69, 9.17) is 14.2 Å². The van der Waals surface area contributed by atoms with Crippen molar-refractivity contribution in [1.29, 1.82) is 0 Å². The van der Waals surface area contributed by atoms with Crippen LogP contribution >= 0.6 is 0 Å². The zero-order valence-electron chi connectivity index (χ0n) is 23.4. The van der Waals surface area contributed by atoms with Gasteiger partial charge in [0.2, 0.25) is 0 Å². The van der Waals surface area contributed by atoms with Gasteiger partial charge < -0.3 is 19.5 Å². The molecule has 0 saturated carbocycles. The second kappa shape index (κ2) is 13.1. The molecule has 2 N–H and O–H groups in total. The third kappa shape index (κ3) is 8.38. The Labute approximate surface area is 238 Å². The fourth-order valence-corrected chi connectivity index (χ4v) is 4.15. The van der Waals surface area contributed by atoms with Gasteiger partial charge in [-0.05, 0) is 75.1 Å². The van der Waals surface area contributed by atoms with E-state index in [1.165, 1.54) is 12.3 Å². The molecule has 0 aliphatic carbocycles. The fourth-order valence-electron chi connectivity index (χ4n) is 4.15. The molecule has 1 unspecified atom stereocenters. The Morgan fingerprint density at radius 3 is 2.46 bits per heavy atom. The number of hydrogen-bond acceptors (Lipinski definition) is 7. The summed E-state index contributed by atoms with van der Waals surface area (Å²) in [5.74, 6) is -1.03. The molecule has 2 aromatic heterocycles. The third-order valence-corrected chi connectivity index (χ3v) is 5.90. The number of halogens is 1. The molecule has 0 radical (unpaired) electrons. The monoisotopic (exact) mass is 560 g/mol. The molecule has 0 bridgehead atoms. The number of H-pyrrole nitrogens is 1. The van der Waals surface area contributed by atoms with Crippen molar-refractivity contribution in [2.75, 3.05) is 6.61 Å². The topological polar surface area (TPSA) is 115 Å². The molecule has 214 valence electrons. The van der Waals surface area contributed by atoms with E-state index in [0.29, 0.717) is 22.6 Å². The number of nitrogens with one attached hydrogen (secondary N) is 2. The maximum Gasteiger partial charge on any atom is 0.407 e. The summed E-state index contributed by atoms with van der Waals surface area (Å²) in [4.78, 5) is 29.3. The molecule has 0 fully saturated rings. The lowest BCUT2D eigenvalue weighted by Gasteiger charge is -2.24. The number of benzene rings is 2. The Balaban J connectivity index is 1.67. The van der Waals surface area contributed by atoms with Crippen LogP contribution in [0.4, 0.5) is 9.18 Å². The standard InChI is InChI=1S/C31H33FN4O5/c1-5-39-28(37)18-24(35-30(38)41-31(2,3)4)16-22-15-21(20-9-7-6-8-10-20)11-12-27(22)40-29-25(32)17-23(19-33-29)26-13-14-34-36-26/h6-15,17,19,24H,5,16,18H2,1-4H3,(H,34,36)(H,35,38). The van der Waals surface area contributed by atoms with E-state index >= 15 is 4.39 Å². The van der Waals surface area contributed by atoms with Crippen LogP contribution in [-0.2, 0) is 20.7 Å². The number of carbonyl (C=O) groups excluding carboxylic acids is 2. The van der Waals surface area contributed by atoms with Gasteiger partial charge in [-0.25, -0.2) is 14.2 Å². The van der Waals surface area contributed by atoms with Gasteiger partial charge in [-0.3, -0.25) is 9.89 Å². The van der Waals surface area contributed by atoms with E-state index in [1.54, 1.807) is 46.0 Å². The molecule has 1 amide bonds. The summed E-state index contributed by atoms with van der Waals surface area (Å²) in [5.41, 5.74) is 2.86. The van der Waals surface area contributed by atoms with Crippen LogP contribution in [0.2, 0.25) is 0 Å². The summed E-state index contributed by atoms with van der Waals surface area (Å²) in [5, 5.41) is 9.44. The molecular weight excluding hydrogens is 527 g/mol. The largest absolute Gasteiger partial charge is 0.466 e. The van der Waals surface area contributed by atoms with Crippen molar-refractivity contribution >= 4 is 12.1 Å². The average Bonchev–Trinajstić information content (AvgIpc) is 3.45. The lowest BCUT2D eigenvalue weighted by molar-refractivity contribution is -0.143. The number of aromatic nitrogens is 3. The highest BCUT2D eigenvalue weighted by Gasteiger charge is 2.24. The minimum Gasteiger partial charge on any atom is -0.466 e. The Morgan fingerprint density at radius 2 is 1.80 bits per heavy atom. The van der Waals surface area contributed by atoms with Gasteiger partial charge in [-0.1, -0.05) is 36.4 Å². The molecule has 0 saturated heterocycles. The van der Waals surface area contributed by atoms with Crippen LogP contribution in [0.3, 0.4) is 0 Å². The highest BCUT2D eigenvalue weighted by molar-refractivity contribution is 5.73. The first-order valence-electron chi connectivity index (χ1n) is 13.3. The first kappa shape index (κ1) is 29.3. The zero-order chi connectivity index (χ0) is 29.4. The zero-order valence-corrected chi connectivity index (χ0v) is 23.4. The predicted molar refractivity (Wildman–Crippen MR) is 152 cm³/mol. The van der Waals surface area contributed by atoms with Gasteiger partial charge in [-0.2, -0.15) is 5.10 Å². The Morgan fingerprint density at radius 1 is 1.02 bits per heavy atom. The molecule has 0 spiro atoms. The van der Waals surface area contributed by atoms with Gasteiger partial charge in [0.15, 0.2) is 5.82 Å². The smallest absolute Gasteiger partial charge is 0.407 e. The number of rotatable bonds is 10. The van der Waals surface area contributed by atoms with Gasteiger partial charge in [0, 0.05) is 24.0 Å². The maximum atomic E-state index is 15.1. The lowest BCUT2D eigenvalue weighted by Crippen LogP contribution is -2.41. The number of esters is 1. The van der Waals surface area contributed by atoms with Gasteiger partial charge in [-0.15, -0.1) is 0 Å². The molecule has 10 heteroatoms. The first-order valence-corrected chi connectivity index (χ1v) is 13.3. The Kier molecular flexibility index (Phi) is 9.34. The number of alkyl carbamates (subject to hydrolysis) is 1. The number of amides is 1. The summed E-state index contributed by atoms with van der Waals surface area (Å²) in [6.07, 6.45) is 2.44. The summed E-state index contributed by atoms with van der Waals surface area (Å²) < 4.78 is 31.6. The van der Waals surface area contributed by atoms with E-state index in [2.05, 4.69) is 20.5 Å². The van der Waals surface area contributed by atoms with Crippen LogP contribution in [0, 0.1) is 5.82 Å². The van der Waals surface area contributed by atoms with Gasteiger partial charge >= 0.3 is 12.1 Å². The molecule has 4 aromatic rings. The van der Waals surface area contributed by atoms with Crippen LogP contribution in [0.25, 0.3) is 22.4 Å². The van der Waals surface area contributed by atoms with Crippen LogP contribution in [0.5, 0.6) is 11.6 Å². The highest BCUT2D eigenvalue weighted by atomic mass is 19.1. The second-order valence-electron chi connectivity index (χ2n) is 10.3. The quantitative estimate of drug-likeness (QED) is 0.214. The van der Waals surface area contributed by atoms with E-state index in [-0.39, 0.29) is 25.3 Å². The highest BCUT2D eigenvalue weighted by Crippen LogP contribution is 2.32. The van der Waals surface area contributed by atoms with Crippen molar-refractivity contribution in [3.05, 3.63) is 84.4 Å². The molecule has 2 aromatic carbocycles. The number of aromatic amines is 1. The number of ether oxygens (including phenoxy) is 3. The molecule has 0 aliphatic rings. The first-order chi connectivity index (χ1) is 19.6. The lowest BCUT2D eigenvalue weighted by atomic mass is 9.97. The predicted octanol–water partition coefficient (Wildman–Crippen LogP) is 6.46. The van der Waals surface area contributed by atoms with Crippen LogP contribution < -0.4 is 10.1 Å². The van der Waals surface area contributed by atoms with Crippen LogP contribution in [0.15, 0.2) is 73.1 Å². The fraction of sp³-hybridized carbons (Fsp3) is 0.290. The van der Waals surface area contributed by atoms with Crippen molar-refractivity contribution in [2.45, 2.75) is 52.2 Å².